The highest BCUT2D eigenvalue weighted by molar-refractivity contribution is 8.00. The van der Waals surface area contributed by atoms with Gasteiger partial charge in [-0.15, -0.1) is 22.0 Å². The molecule has 0 saturated carbocycles. The molecule has 0 radical (unpaired) electrons. The first-order chi connectivity index (χ1) is 10.3. The zero-order valence-corrected chi connectivity index (χ0v) is 13.4. The molecule has 0 bridgehead atoms. The van der Waals surface area contributed by atoms with Crippen molar-refractivity contribution >= 4 is 17.7 Å². The number of aromatic nitrogens is 3. The second-order valence-electron chi connectivity index (χ2n) is 5.22. The molecule has 1 atom stereocenters. The fourth-order valence-electron chi connectivity index (χ4n) is 2.29. The van der Waals surface area contributed by atoms with E-state index < -0.39 is 12.0 Å². The molecule has 0 fully saturated rings. The van der Waals surface area contributed by atoms with E-state index in [4.69, 9.17) is 0 Å². The number of alkyl halides is 3. The third kappa shape index (κ3) is 3.74. The highest BCUT2D eigenvalue weighted by atomic mass is 32.2. The molecule has 1 aliphatic heterocycles. The van der Waals surface area contributed by atoms with Gasteiger partial charge in [0.15, 0.2) is 5.82 Å². The molecule has 22 heavy (non-hydrogen) atoms. The number of fused-ring (bicyclic) bond motifs is 1. The lowest BCUT2D eigenvalue weighted by molar-refractivity contribution is -0.148. The molecule has 1 amide bonds. The molecule has 0 aromatic carbocycles. The highest BCUT2D eigenvalue weighted by Crippen LogP contribution is 2.29. The molecule has 9 heteroatoms. The van der Waals surface area contributed by atoms with E-state index in [0.717, 1.165) is 23.2 Å². The maximum absolute atomic E-state index is 12.8. The van der Waals surface area contributed by atoms with Gasteiger partial charge in [0.2, 0.25) is 11.7 Å². The number of thioether (sulfide) groups is 1. The number of carbonyl (C=O) groups is 1. The predicted molar refractivity (Wildman–Crippen MR) is 77.3 cm³/mol. The van der Waals surface area contributed by atoms with Crippen molar-refractivity contribution in [1.29, 1.82) is 0 Å². The molecule has 1 aliphatic rings. The summed E-state index contributed by atoms with van der Waals surface area (Å²) in [5.74, 6) is 0.0626. The smallest absolute Gasteiger partial charge is 0.332 e. The molecule has 1 aromatic rings. The Bertz CT molecular complexity index is 532. The van der Waals surface area contributed by atoms with E-state index in [0.29, 0.717) is 0 Å². The summed E-state index contributed by atoms with van der Waals surface area (Å²) in [6, 6.07) is 0. The summed E-state index contributed by atoms with van der Waals surface area (Å²) in [5.41, 5.74) is 0. The van der Waals surface area contributed by atoms with Crippen LogP contribution in [-0.4, -0.2) is 43.1 Å². The fourth-order valence-corrected chi connectivity index (χ4v) is 3.39. The van der Waals surface area contributed by atoms with Crippen LogP contribution in [-0.2, 0) is 24.1 Å². The largest absolute Gasteiger partial charge is 0.451 e. The van der Waals surface area contributed by atoms with E-state index >= 15 is 0 Å². The van der Waals surface area contributed by atoms with Crippen LogP contribution >= 0.6 is 11.8 Å². The summed E-state index contributed by atoms with van der Waals surface area (Å²) < 4.78 is 39.3. The minimum absolute atomic E-state index is 0.0519. The van der Waals surface area contributed by atoms with Gasteiger partial charge in [-0.2, -0.15) is 13.2 Å². The third-order valence-corrected chi connectivity index (χ3v) is 4.76. The van der Waals surface area contributed by atoms with E-state index in [9.17, 15) is 18.0 Å². The first-order valence-electron chi connectivity index (χ1n) is 7.24. The number of hydrogen-bond donors (Lipinski definition) is 0. The van der Waals surface area contributed by atoms with Crippen molar-refractivity contribution in [2.24, 2.45) is 0 Å². The molecule has 0 spiro atoms. The molecule has 2 heterocycles. The number of amides is 1. The van der Waals surface area contributed by atoms with Gasteiger partial charge in [-0.05, 0) is 19.1 Å². The zero-order chi connectivity index (χ0) is 16.3. The summed E-state index contributed by atoms with van der Waals surface area (Å²) in [4.78, 5) is 13.9. The molecule has 1 aromatic heterocycles. The second-order valence-corrected chi connectivity index (χ2v) is 6.66. The van der Waals surface area contributed by atoms with Crippen molar-refractivity contribution in [2.75, 3.05) is 12.3 Å². The van der Waals surface area contributed by atoms with Crippen LogP contribution < -0.4 is 0 Å². The Morgan fingerprint density at radius 2 is 2.09 bits per heavy atom. The topological polar surface area (TPSA) is 51.0 Å². The number of rotatable bonds is 5. The van der Waals surface area contributed by atoms with Crippen molar-refractivity contribution in [3.05, 3.63) is 11.6 Å². The molecule has 1 unspecified atom stereocenters. The van der Waals surface area contributed by atoms with Crippen LogP contribution in [0, 0.1) is 0 Å². The van der Waals surface area contributed by atoms with Gasteiger partial charge in [0.1, 0.15) is 0 Å². The minimum atomic E-state index is -4.51. The van der Waals surface area contributed by atoms with Crippen LogP contribution in [0.5, 0.6) is 0 Å². The van der Waals surface area contributed by atoms with Crippen LogP contribution in [0.15, 0.2) is 0 Å². The average Bonchev–Trinajstić information content (AvgIpc) is 2.89. The number of unbranched alkanes of at least 4 members (excludes halogenated alkanes) is 1. The Morgan fingerprint density at radius 3 is 2.73 bits per heavy atom. The molecule has 0 N–H and O–H groups in total. The van der Waals surface area contributed by atoms with Crippen molar-refractivity contribution in [3.8, 4) is 0 Å². The van der Waals surface area contributed by atoms with Gasteiger partial charge in [-0.25, -0.2) is 0 Å². The van der Waals surface area contributed by atoms with Gasteiger partial charge >= 0.3 is 6.18 Å². The Morgan fingerprint density at radius 1 is 1.36 bits per heavy atom. The number of nitrogens with zero attached hydrogens (tertiary/aromatic N) is 4. The van der Waals surface area contributed by atoms with Crippen molar-refractivity contribution in [1.82, 2.24) is 19.7 Å². The number of halogens is 3. The number of carbonyl (C=O) groups excluding carboxylic acids is 1. The molecule has 0 aliphatic carbocycles. The summed E-state index contributed by atoms with van der Waals surface area (Å²) in [5, 5.41) is 6.60. The van der Waals surface area contributed by atoms with Gasteiger partial charge in [0, 0.05) is 13.1 Å². The molecule has 2 rings (SSSR count). The maximum atomic E-state index is 12.8. The van der Waals surface area contributed by atoms with Crippen LogP contribution in [0.2, 0.25) is 0 Å². The minimum Gasteiger partial charge on any atom is -0.332 e. The van der Waals surface area contributed by atoms with E-state index in [2.05, 4.69) is 17.1 Å². The fraction of sp³-hybridized carbons (Fsp3) is 0.769. The molecule has 5 nitrogen and oxygen atoms in total. The Hall–Kier alpha value is -1.25. The van der Waals surface area contributed by atoms with Crippen LogP contribution in [0.1, 0.15) is 38.3 Å². The SMILES string of the molecule is CCCCSC(C)C(=O)N1CCn2c(nnc2C(F)(F)F)C1. The van der Waals surface area contributed by atoms with Gasteiger partial charge in [-0.1, -0.05) is 13.3 Å². The normalized spacial score (nSPS) is 16.5. The highest BCUT2D eigenvalue weighted by Gasteiger charge is 2.40. The van der Waals surface area contributed by atoms with Crippen molar-refractivity contribution < 1.29 is 18.0 Å². The monoisotopic (exact) mass is 336 g/mol. The van der Waals surface area contributed by atoms with Crippen LogP contribution in [0.25, 0.3) is 0 Å². The van der Waals surface area contributed by atoms with E-state index in [1.54, 1.807) is 16.7 Å². The predicted octanol–water partition coefficient (Wildman–Crippen LogP) is 2.56. The standard InChI is InChI=1S/C13H19F3N4OS/c1-3-4-7-22-9(2)11(21)19-5-6-20-10(8-19)17-18-12(20)13(14,15)16/h9H,3-8H2,1-2H3. The quantitative estimate of drug-likeness (QED) is 0.776. The van der Waals surface area contributed by atoms with E-state index in [1.165, 1.54) is 0 Å². The van der Waals surface area contributed by atoms with Gasteiger partial charge in [0.05, 0.1) is 11.8 Å². The summed E-state index contributed by atoms with van der Waals surface area (Å²) in [6.45, 7) is 4.34. The Balaban J connectivity index is 2.00. The number of hydrogen-bond acceptors (Lipinski definition) is 4. The average molecular weight is 336 g/mol. The molecular weight excluding hydrogens is 317 g/mol. The van der Waals surface area contributed by atoms with Gasteiger partial charge < -0.3 is 9.47 Å². The lowest BCUT2D eigenvalue weighted by Gasteiger charge is -2.30. The lowest BCUT2D eigenvalue weighted by atomic mass is 10.3. The molecular formula is C13H19F3N4OS. The third-order valence-electron chi connectivity index (χ3n) is 3.53. The summed E-state index contributed by atoms with van der Waals surface area (Å²) in [6.07, 6.45) is -2.40. The van der Waals surface area contributed by atoms with E-state index in [-0.39, 0.29) is 36.6 Å². The van der Waals surface area contributed by atoms with E-state index in [1.807, 2.05) is 6.92 Å². The zero-order valence-electron chi connectivity index (χ0n) is 12.6. The van der Waals surface area contributed by atoms with Crippen LogP contribution in [0.3, 0.4) is 0 Å². The second kappa shape index (κ2) is 6.89. The first-order valence-corrected chi connectivity index (χ1v) is 8.29. The Labute approximate surface area is 131 Å². The van der Waals surface area contributed by atoms with Gasteiger partial charge in [-0.3, -0.25) is 4.79 Å². The van der Waals surface area contributed by atoms with Gasteiger partial charge in [0.25, 0.3) is 0 Å². The first kappa shape index (κ1) is 17.1. The van der Waals surface area contributed by atoms with Crippen molar-refractivity contribution in [3.63, 3.8) is 0 Å². The molecule has 124 valence electrons. The van der Waals surface area contributed by atoms with Crippen molar-refractivity contribution in [2.45, 2.75) is 51.2 Å². The summed E-state index contributed by atoms with van der Waals surface area (Å²) in [7, 11) is 0. The lowest BCUT2D eigenvalue weighted by Crippen LogP contribution is -2.42. The summed E-state index contributed by atoms with van der Waals surface area (Å²) >= 11 is 1.58. The maximum Gasteiger partial charge on any atom is 0.451 e. The molecule has 0 saturated heterocycles. The Kier molecular flexibility index (Phi) is 5.36. The van der Waals surface area contributed by atoms with Crippen LogP contribution in [0.4, 0.5) is 13.2 Å².